The monoisotopic (exact) mass is 1670 g/mol. The first-order valence-corrected chi connectivity index (χ1v) is 39.6. The van der Waals surface area contributed by atoms with E-state index in [1.165, 1.54) is 12.1 Å². The zero-order chi connectivity index (χ0) is 88.1. The summed E-state index contributed by atoms with van der Waals surface area (Å²) in [5, 5.41) is 0. The van der Waals surface area contributed by atoms with Crippen LogP contribution in [0.4, 0.5) is 65.9 Å². The molecule has 13 aromatic rings. The molecular weight excluding hydrogens is 1590 g/mol. The Hall–Kier alpha value is -12.4. The number of nitrogens with zero attached hydrogens (tertiary/aromatic N) is 3. The fraction of sp³-hybridized carbons (Fsp3) is 0.242. The van der Waals surface area contributed by atoms with Gasteiger partial charge in [0.2, 0.25) is 17.5 Å². The van der Waals surface area contributed by atoms with Crippen LogP contribution < -0.4 is 0 Å². The predicted molar refractivity (Wildman–Crippen MR) is 457 cm³/mol. The second-order valence-electron chi connectivity index (χ2n) is 37.6. The molecular formula is C99H83F15N8. The predicted octanol–water partition coefficient (Wildman–Crippen LogP) is 29.2. The summed E-state index contributed by atoms with van der Waals surface area (Å²) in [5.74, 6) is -37.3. The van der Waals surface area contributed by atoms with Crippen LogP contribution in [-0.2, 0) is 32.5 Å². The Bertz CT molecular complexity index is 6880. The van der Waals surface area contributed by atoms with E-state index < -0.39 is 176 Å². The van der Waals surface area contributed by atoms with Gasteiger partial charge in [0.05, 0.1) is 56.4 Å². The van der Waals surface area contributed by atoms with Crippen molar-refractivity contribution in [2.24, 2.45) is 0 Å². The van der Waals surface area contributed by atoms with Crippen LogP contribution in [0.1, 0.15) is 192 Å². The summed E-state index contributed by atoms with van der Waals surface area (Å²) in [6.07, 6.45) is 9.68. The fourth-order valence-electron chi connectivity index (χ4n) is 16.0. The van der Waals surface area contributed by atoms with Crippen molar-refractivity contribution in [3.63, 3.8) is 0 Å². The lowest BCUT2D eigenvalue weighted by atomic mass is 9.78. The Morgan fingerprint density at radius 1 is 0.189 bits per heavy atom. The van der Waals surface area contributed by atoms with Gasteiger partial charge in [0.15, 0.2) is 69.8 Å². The van der Waals surface area contributed by atoms with Gasteiger partial charge in [-0.05, 0) is 174 Å². The molecule has 23 heteroatoms. The van der Waals surface area contributed by atoms with Gasteiger partial charge in [-0.3, -0.25) is 0 Å². The number of fused-ring (bicyclic) bond motifs is 17. The van der Waals surface area contributed by atoms with Crippen LogP contribution in [-0.4, -0.2) is 39.9 Å². The summed E-state index contributed by atoms with van der Waals surface area (Å²) in [6, 6.07) is 31.8. The average Bonchev–Trinajstić information content (AvgIpc) is 1.56. The largest absolute Gasteiger partial charge is 0.354 e. The molecule has 8 nitrogen and oxygen atoms in total. The Kier molecular flexibility index (Phi) is 19.7. The second kappa shape index (κ2) is 28.9. The van der Waals surface area contributed by atoms with E-state index in [0.29, 0.717) is 55.9 Å². The number of H-pyrrole nitrogens is 5. The van der Waals surface area contributed by atoms with Crippen LogP contribution in [0.15, 0.2) is 109 Å². The molecule has 5 N–H and O–H groups in total. The molecule has 0 radical (unpaired) electrons. The van der Waals surface area contributed by atoms with Gasteiger partial charge in [-0.15, -0.1) is 0 Å². The molecule has 3 aliphatic heterocycles. The average molecular weight is 1670 g/mol. The van der Waals surface area contributed by atoms with Gasteiger partial charge in [0, 0.05) is 94.2 Å². The second-order valence-corrected chi connectivity index (χ2v) is 37.6. The first-order valence-electron chi connectivity index (χ1n) is 39.6. The summed E-state index contributed by atoms with van der Waals surface area (Å²) >= 11 is 0. The summed E-state index contributed by atoms with van der Waals surface area (Å²) in [4.78, 5) is 32.3. The molecule has 0 fully saturated rings. The van der Waals surface area contributed by atoms with Gasteiger partial charge in [-0.2, -0.15) is 0 Å². The van der Waals surface area contributed by atoms with Crippen LogP contribution in [0.2, 0.25) is 0 Å². The number of rotatable bonds is 7. The number of aromatic nitrogens is 8. The van der Waals surface area contributed by atoms with E-state index in [-0.39, 0.29) is 44.4 Å². The topological polar surface area (TPSA) is 118 Å². The minimum Gasteiger partial charge on any atom is -0.354 e. The Morgan fingerprint density at radius 2 is 0.385 bits per heavy atom. The van der Waals surface area contributed by atoms with Gasteiger partial charge in [-0.25, -0.2) is 80.8 Å². The van der Waals surface area contributed by atoms with Crippen LogP contribution in [0.5, 0.6) is 0 Å². The first kappa shape index (κ1) is 83.3. The Labute approximate surface area is 692 Å². The lowest BCUT2D eigenvalue weighted by Gasteiger charge is -2.26. The number of halogens is 15. The molecule has 6 aromatic carbocycles. The van der Waals surface area contributed by atoms with Gasteiger partial charge in [0.1, 0.15) is 0 Å². The maximum absolute atomic E-state index is 17.5. The molecule has 16 bridgehead atoms. The smallest absolute Gasteiger partial charge is 0.200 e. The van der Waals surface area contributed by atoms with E-state index in [9.17, 15) is 0 Å². The lowest BCUT2D eigenvalue weighted by molar-refractivity contribution is 0.381. The number of aromatic amines is 5. The van der Waals surface area contributed by atoms with Crippen molar-refractivity contribution < 1.29 is 65.9 Å². The van der Waals surface area contributed by atoms with Crippen molar-refractivity contribution >= 4 is 91.6 Å². The molecule has 0 saturated carbocycles. The van der Waals surface area contributed by atoms with Crippen molar-refractivity contribution in [2.75, 3.05) is 0 Å². The van der Waals surface area contributed by atoms with Gasteiger partial charge in [0.25, 0.3) is 0 Å². The summed E-state index contributed by atoms with van der Waals surface area (Å²) in [7, 11) is 0. The highest BCUT2D eigenvalue weighted by Crippen LogP contribution is 2.49. The molecule has 0 atom stereocenters. The third-order valence-corrected chi connectivity index (χ3v) is 23.0. The highest BCUT2D eigenvalue weighted by molar-refractivity contribution is 6.08. The lowest BCUT2D eigenvalue weighted by Crippen LogP contribution is -2.16. The van der Waals surface area contributed by atoms with Crippen LogP contribution in [0, 0.1) is 87.3 Å². The number of hydrogen-bond acceptors (Lipinski definition) is 3. The molecule has 624 valence electrons. The Balaban J connectivity index is 1.16. The van der Waals surface area contributed by atoms with Crippen molar-refractivity contribution in [1.82, 2.24) is 39.9 Å². The molecule has 122 heavy (non-hydrogen) atoms. The zero-order valence-corrected chi connectivity index (χ0v) is 69.9. The van der Waals surface area contributed by atoms with Gasteiger partial charge >= 0.3 is 0 Å². The third-order valence-electron chi connectivity index (χ3n) is 23.0. The zero-order valence-electron chi connectivity index (χ0n) is 69.9. The molecule has 0 aliphatic carbocycles. The normalized spacial score (nSPS) is 13.2. The number of benzene rings is 6. The van der Waals surface area contributed by atoms with Gasteiger partial charge in [-0.1, -0.05) is 179 Å². The minimum absolute atomic E-state index is 0.0743. The maximum Gasteiger partial charge on any atom is 0.200 e. The van der Waals surface area contributed by atoms with E-state index in [4.69, 9.17) is 15.0 Å². The quantitative estimate of drug-likeness (QED) is 0.0621. The number of nitrogens with one attached hydrogen (secondary N) is 5. The fourth-order valence-corrected chi connectivity index (χ4v) is 16.0. The SMILES string of the molecule is CC(C)(C)c1cc(-c2c3nc(c(-c4cc(C(C)(C)C)cc(C(C)(C)C)c4)c4ccc([nH]4)c(-c4cc5[nH]c4c4nc(c(-c6c(F)c(F)c(F)c(F)c6F)c6ccc([nH]6)c(-c6c(F)c(F)c(F)c(F)c6F)c6ccc([nH]6)c5-c5c(F)c(F)c(F)c(F)c5F)C=C4)c4nc(c(-c5cc(C(C)(C)C)cc(C(C)(C)C)c5)c5ccc2[nH]5)C=C4)C=C3)cc(C(C)(C)C)c1. The van der Waals surface area contributed by atoms with Crippen molar-refractivity contribution in [2.45, 2.75) is 157 Å². The molecule has 0 spiro atoms. The van der Waals surface area contributed by atoms with E-state index in [2.05, 4.69) is 204 Å². The van der Waals surface area contributed by atoms with Crippen molar-refractivity contribution in [3.8, 4) is 77.9 Å². The molecule has 10 heterocycles. The summed E-state index contributed by atoms with van der Waals surface area (Å²) < 4.78 is 245. The molecule has 16 rings (SSSR count). The van der Waals surface area contributed by atoms with Crippen LogP contribution in [0.3, 0.4) is 0 Å². The first-order chi connectivity index (χ1) is 57.0. The molecule has 0 unspecified atom stereocenters. The maximum atomic E-state index is 17.5. The molecule has 0 amide bonds. The molecule has 7 aromatic heterocycles. The van der Waals surface area contributed by atoms with Crippen molar-refractivity contribution in [3.05, 3.63) is 264 Å². The highest BCUT2D eigenvalue weighted by atomic mass is 19.2. The van der Waals surface area contributed by atoms with E-state index in [1.807, 2.05) is 24.3 Å². The van der Waals surface area contributed by atoms with E-state index in [1.54, 1.807) is 24.3 Å². The summed E-state index contributed by atoms with van der Waals surface area (Å²) in [5.41, 5.74) is -1.45. The standard InChI is InChI=1S/C99H83F15N8/c1-94(2,3)46-33-43(34-47(39-46)95(4,5)6)68-53-19-21-55(115-53)69(44-35-48(96(7,8)9)40-49(36-44)97(10,11)12)57-23-25-59(117-57)71(60-26-24-58(118-60)70(56-22-20-54(68)116-56)45-37-50(98(13,14)15)41-51(38-45)99(16,17)18)52-42-67-74(77-82(104)88(110)92(114)89(111)83(77)105)65-30-29-62(120-65)72(75-78(100)84(106)90(112)85(107)79(75)101)61-27-28-63(119-61)73(64-31-32-66(121-64)93(52)122-67)76-80(102)86(108)91(113)87(109)81(76)103/h19-42,115,118-120,122H,1-18H3. The highest BCUT2D eigenvalue weighted by Gasteiger charge is 2.36. The molecule has 3 aliphatic rings. The minimum atomic E-state index is -2.63. The van der Waals surface area contributed by atoms with Crippen molar-refractivity contribution in [1.29, 1.82) is 0 Å². The Morgan fingerprint density at radius 3 is 0.656 bits per heavy atom. The van der Waals surface area contributed by atoms with Crippen LogP contribution in [0.25, 0.3) is 170 Å². The van der Waals surface area contributed by atoms with E-state index in [0.717, 1.165) is 74.8 Å². The number of hydrogen-bond donors (Lipinski definition) is 5. The third kappa shape index (κ3) is 14.1. The van der Waals surface area contributed by atoms with Gasteiger partial charge < -0.3 is 24.9 Å². The molecule has 0 saturated heterocycles. The van der Waals surface area contributed by atoms with Crippen LogP contribution >= 0.6 is 0 Å². The summed E-state index contributed by atoms with van der Waals surface area (Å²) in [6.45, 7) is 38.2. The van der Waals surface area contributed by atoms with E-state index >= 15 is 65.9 Å².